The van der Waals surface area contributed by atoms with Crippen molar-refractivity contribution in [2.24, 2.45) is 5.92 Å². The summed E-state index contributed by atoms with van der Waals surface area (Å²) in [5, 5.41) is 9.74. The van der Waals surface area contributed by atoms with Crippen molar-refractivity contribution in [1.29, 1.82) is 0 Å². The molecule has 1 saturated carbocycles. The van der Waals surface area contributed by atoms with Crippen LogP contribution in [0.15, 0.2) is 12.2 Å². The molecular weight excluding hydrogens is 172 g/mol. The summed E-state index contributed by atoms with van der Waals surface area (Å²) in [7, 11) is 0. The van der Waals surface area contributed by atoms with Gasteiger partial charge in [-0.1, -0.05) is 39.7 Å². The molecule has 0 heterocycles. The van der Waals surface area contributed by atoms with Gasteiger partial charge in [-0.15, -0.1) is 0 Å². The maximum Gasteiger partial charge on any atom is 0.0856 e. The summed E-state index contributed by atoms with van der Waals surface area (Å²) in [5.74, 6) is 0.825. The minimum atomic E-state index is -0.446. The van der Waals surface area contributed by atoms with Gasteiger partial charge in [-0.25, -0.2) is 0 Å². The highest BCUT2D eigenvalue weighted by atomic mass is 16.3. The standard InChI is InChI=1S/C13H24O/c1-11(2)7-5-4-6-8-12(3)13(14)9-10-13/h11,14H,3-10H2,1-2H3. The second-order valence-electron chi connectivity index (χ2n) is 5.13. The molecule has 1 aliphatic carbocycles. The second-order valence-corrected chi connectivity index (χ2v) is 5.13. The quantitative estimate of drug-likeness (QED) is 0.486. The highest BCUT2D eigenvalue weighted by Gasteiger charge is 2.42. The second kappa shape index (κ2) is 4.97. The molecule has 1 fully saturated rings. The Kier molecular flexibility index (Phi) is 4.18. The molecule has 0 aromatic carbocycles. The monoisotopic (exact) mass is 196 g/mol. The van der Waals surface area contributed by atoms with Crippen LogP contribution < -0.4 is 0 Å². The third kappa shape index (κ3) is 3.83. The van der Waals surface area contributed by atoms with Gasteiger partial charge in [0.2, 0.25) is 0 Å². The van der Waals surface area contributed by atoms with Gasteiger partial charge >= 0.3 is 0 Å². The molecule has 0 unspecified atom stereocenters. The van der Waals surface area contributed by atoms with Crippen LogP contribution in [0.4, 0.5) is 0 Å². The molecule has 0 radical (unpaired) electrons. The average Bonchev–Trinajstić information content (AvgIpc) is 2.83. The first-order valence-electron chi connectivity index (χ1n) is 5.95. The molecule has 0 bridgehead atoms. The van der Waals surface area contributed by atoms with Gasteiger partial charge in [0, 0.05) is 0 Å². The number of unbranched alkanes of at least 4 members (excludes halogenated alkanes) is 2. The summed E-state index contributed by atoms with van der Waals surface area (Å²) >= 11 is 0. The van der Waals surface area contributed by atoms with Crippen molar-refractivity contribution in [2.75, 3.05) is 0 Å². The van der Waals surface area contributed by atoms with E-state index in [0.29, 0.717) is 0 Å². The smallest absolute Gasteiger partial charge is 0.0856 e. The van der Waals surface area contributed by atoms with E-state index in [4.69, 9.17) is 0 Å². The van der Waals surface area contributed by atoms with Crippen LogP contribution in [0.25, 0.3) is 0 Å². The Morgan fingerprint density at radius 2 is 1.93 bits per heavy atom. The van der Waals surface area contributed by atoms with E-state index < -0.39 is 5.60 Å². The highest BCUT2D eigenvalue weighted by Crippen LogP contribution is 2.42. The number of aliphatic hydroxyl groups is 1. The third-order valence-corrected chi connectivity index (χ3v) is 3.14. The van der Waals surface area contributed by atoms with Crippen LogP contribution in [0.5, 0.6) is 0 Å². The van der Waals surface area contributed by atoms with Crippen molar-refractivity contribution in [3.05, 3.63) is 12.2 Å². The van der Waals surface area contributed by atoms with Gasteiger partial charge in [0.15, 0.2) is 0 Å². The maximum absolute atomic E-state index is 9.74. The Bertz CT molecular complexity index is 189. The van der Waals surface area contributed by atoms with Crippen LogP contribution in [0.3, 0.4) is 0 Å². The van der Waals surface area contributed by atoms with Crippen LogP contribution in [-0.2, 0) is 0 Å². The van der Waals surface area contributed by atoms with Crippen LogP contribution in [0.2, 0.25) is 0 Å². The summed E-state index contributed by atoms with van der Waals surface area (Å²) in [6.45, 7) is 8.51. The Labute approximate surface area is 88.2 Å². The molecule has 14 heavy (non-hydrogen) atoms. The van der Waals surface area contributed by atoms with Crippen molar-refractivity contribution in [3.63, 3.8) is 0 Å². The topological polar surface area (TPSA) is 20.2 Å². The fourth-order valence-corrected chi connectivity index (χ4v) is 1.77. The largest absolute Gasteiger partial charge is 0.386 e. The molecular formula is C13H24O. The third-order valence-electron chi connectivity index (χ3n) is 3.14. The van der Waals surface area contributed by atoms with E-state index >= 15 is 0 Å². The van der Waals surface area contributed by atoms with Gasteiger partial charge in [0.25, 0.3) is 0 Å². The number of hydrogen-bond donors (Lipinski definition) is 1. The molecule has 0 aromatic heterocycles. The summed E-state index contributed by atoms with van der Waals surface area (Å²) in [4.78, 5) is 0. The molecule has 0 aromatic rings. The van der Waals surface area contributed by atoms with Gasteiger partial charge in [0.1, 0.15) is 0 Å². The first-order valence-corrected chi connectivity index (χ1v) is 5.95. The zero-order chi connectivity index (χ0) is 10.6. The van der Waals surface area contributed by atoms with Crippen molar-refractivity contribution < 1.29 is 5.11 Å². The molecule has 0 saturated heterocycles. The zero-order valence-corrected chi connectivity index (χ0v) is 9.68. The Morgan fingerprint density at radius 1 is 1.29 bits per heavy atom. The molecule has 0 aliphatic heterocycles. The zero-order valence-electron chi connectivity index (χ0n) is 9.68. The SMILES string of the molecule is C=C(CCCCCC(C)C)C1(O)CC1. The maximum atomic E-state index is 9.74. The van der Waals surface area contributed by atoms with E-state index in [2.05, 4.69) is 20.4 Å². The fourth-order valence-electron chi connectivity index (χ4n) is 1.77. The molecule has 1 heteroatoms. The molecule has 0 amide bonds. The summed E-state index contributed by atoms with van der Waals surface area (Å²) in [6, 6.07) is 0. The average molecular weight is 196 g/mol. The van der Waals surface area contributed by atoms with Crippen molar-refractivity contribution in [1.82, 2.24) is 0 Å². The molecule has 1 rings (SSSR count). The molecule has 1 aliphatic rings. The summed E-state index contributed by atoms with van der Waals surface area (Å²) in [5.41, 5.74) is 0.625. The Balaban J connectivity index is 1.96. The first kappa shape index (κ1) is 11.8. The lowest BCUT2D eigenvalue weighted by atomic mass is 10.00. The lowest BCUT2D eigenvalue weighted by molar-refractivity contribution is 0.184. The van der Waals surface area contributed by atoms with E-state index in [1.54, 1.807) is 0 Å². The summed E-state index contributed by atoms with van der Waals surface area (Å²) in [6.07, 6.45) is 8.05. The van der Waals surface area contributed by atoms with E-state index in [9.17, 15) is 5.11 Å². The van der Waals surface area contributed by atoms with Gasteiger partial charge in [-0.2, -0.15) is 0 Å². The lowest BCUT2D eigenvalue weighted by Crippen LogP contribution is -2.09. The van der Waals surface area contributed by atoms with Crippen molar-refractivity contribution in [3.8, 4) is 0 Å². The van der Waals surface area contributed by atoms with Crippen LogP contribution >= 0.6 is 0 Å². The minimum absolute atomic E-state index is 0.446. The molecule has 1 nitrogen and oxygen atoms in total. The van der Waals surface area contributed by atoms with Gasteiger partial charge in [-0.05, 0) is 37.2 Å². The predicted octanol–water partition coefficient (Wildman–Crippen LogP) is 3.67. The first-order chi connectivity index (χ1) is 6.54. The van der Waals surface area contributed by atoms with Crippen LogP contribution in [0.1, 0.15) is 58.8 Å². The van der Waals surface area contributed by atoms with Gasteiger partial charge < -0.3 is 5.11 Å². The van der Waals surface area contributed by atoms with Crippen LogP contribution in [-0.4, -0.2) is 10.7 Å². The van der Waals surface area contributed by atoms with Gasteiger partial charge in [-0.3, -0.25) is 0 Å². The number of rotatable bonds is 7. The van der Waals surface area contributed by atoms with E-state index in [1.807, 2.05) is 0 Å². The van der Waals surface area contributed by atoms with E-state index in [-0.39, 0.29) is 0 Å². The predicted molar refractivity (Wildman–Crippen MR) is 61.2 cm³/mol. The summed E-state index contributed by atoms with van der Waals surface area (Å²) < 4.78 is 0. The number of hydrogen-bond acceptors (Lipinski definition) is 1. The lowest BCUT2D eigenvalue weighted by Gasteiger charge is -2.11. The fraction of sp³-hybridized carbons (Fsp3) is 0.846. The van der Waals surface area contributed by atoms with Crippen LogP contribution in [0, 0.1) is 5.92 Å². The van der Waals surface area contributed by atoms with Crippen molar-refractivity contribution >= 4 is 0 Å². The van der Waals surface area contributed by atoms with Gasteiger partial charge in [0.05, 0.1) is 5.60 Å². The Morgan fingerprint density at radius 3 is 2.43 bits per heavy atom. The normalized spacial score (nSPS) is 18.6. The Hall–Kier alpha value is -0.300. The molecule has 0 atom stereocenters. The minimum Gasteiger partial charge on any atom is -0.386 e. The molecule has 1 N–H and O–H groups in total. The van der Waals surface area contributed by atoms with Crippen molar-refractivity contribution in [2.45, 2.75) is 64.4 Å². The molecule has 82 valence electrons. The molecule has 0 spiro atoms. The highest BCUT2D eigenvalue weighted by molar-refractivity contribution is 5.20. The van der Waals surface area contributed by atoms with E-state index in [1.165, 1.54) is 25.7 Å². The van der Waals surface area contributed by atoms with E-state index in [0.717, 1.165) is 30.8 Å².